The topological polar surface area (TPSA) is 32.8 Å². The fraction of sp³-hybridized carbons (Fsp3) is 0.235. The zero-order chi connectivity index (χ0) is 28.0. The predicted molar refractivity (Wildman–Crippen MR) is 169 cm³/mol. The highest BCUT2D eigenvalue weighted by molar-refractivity contribution is 7.74. The van der Waals surface area contributed by atoms with Gasteiger partial charge in [0.05, 0.1) is 6.61 Å². The van der Waals surface area contributed by atoms with Gasteiger partial charge >= 0.3 is 0 Å². The number of hydrogen-bond donors (Lipinski definition) is 0. The van der Waals surface area contributed by atoms with E-state index in [1.807, 2.05) is 31.2 Å². The van der Waals surface area contributed by atoms with Gasteiger partial charge in [0.2, 0.25) is 0 Å². The summed E-state index contributed by atoms with van der Waals surface area (Å²) < 4.78 is 21.5. The highest BCUT2D eigenvalue weighted by atomic mass is 31.2. The number of aryl methyl sites for hydroxylation is 1. The van der Waals surface area contributed by atoms with Gasteiger partial charge < -0.3 is 14.3 Å². The van der Waals surface area contributed by atoms with Crippen LogP contribution in [0.1, 0.15) is 35.1 Å². The summed E-state index contributed by atoms with van der Waals surface area (Å²) in [6.45, 7) is 22.7. The lowest BCUT2D eigenvalue weighted by molar-refractivity contribution is 0.347. The molecule has 0 spiro atoms. The summed E-state index contributed by atoms with van der Waals surface area (Å²) >= 11 is 0. The number of benzene rings is 3. The maximum atomic E-state index is 15.2. The molecule has 4 nitrogen and oxygen atoms in total. The van der Waals surface area contributed by atoms with Crippen molar-refractivity contribution in [1.29, 1.82) is 0 Å². The molecule has 3 aromatic rings. The van der Waals surface area contributed by atoms with Crippen LogP contribution in [0.3, 0.4) is 0 Å². The molecule has 0 saturated heterocycles. The standard InChI is InChI=1S/C34H39N2O2P/c1-7-20-35(21-8-2)27-16-18-30-32(24-27)39(37,38-11-5)33-25-28(36(22-9-3)23-10-4)17-19-31(33)34(30)29-15-13-12-14-26(29)6/h7-10,12-19,24-25,34H,1-4,11,20-23H2,5-6H3. The van der Waals surface area contributed by atoms with Crippen molar-refractivity contribution in [1.82, 2.24) is 0 Å². The van der Waals surface area contributed by atoms with Crippen LogP contribution in [-0.4, -0.2) is 32.8 Å². The van der Waals surface area contributed by atoms with Gasteiger partial charge in [-0.15, -0.1) is 26.3 Å². The highest BCUT2D eigenvalue weighted by Gasteiger charge is 2.42. The van der Waals surface area contributed by atoms with Crippen LogP contribution in [0, 0.1) is 6.92 Å². The Morgan fingerprint density at radius 1 is 0.744 bits per heavy atom. The van der Waals surface area contributed by atoms with Crippen molar-refractivity contribution >= 4 is 29.4 Å². The summed E-state index contributed by atoms with van der Waals surface area (Å²) in [5, 5.41) is 1.52. The fourth-order valence-corrected chi connectivity index (χ4v) is 8.11. The molecule has 0 aromatic heterocycles. The normalized spacial score (nSPS) is 17.4. The van der Waals surface area contributed by atoms with Crippen LogP contribution in [0.15, 0.2) is 111 Å². The van der Waals surface area contributed by atoms with Gasteiger partial charge in [-0.1, -0.05) is 60.7 Å². The number of anilines is 2. The number of nitrogens with zero attached hydrogens (tertiary/aromatic N) is 2. The summed E-state index contributed by atoms with van der Waals surface area (Å²) in [5.41, 5.74) is 6.38. The van der Waals surface area contributed by atoms with Crippen molar-refractivity contribution in [2.24, 2.45) is 0 Å². The first-order chi connectivity index (χ1) is 18.9. The largest absolute Gasteiger partial charge is 0.364 e. The SMILES string of the molecule is C=CCN(CC=C)c1ccc2c(c1)P(=O)(OCC)c1cc(N(CC=C)CC=C)ccc1C2c1ccccc1C. The van der Waals surface area contributed by atoms with Crippen LogP contribution in [-0.2, 0) is 9.09 Å². The quantitative estimate of drug-likeness (QED) is 0.172. The lowest BCUT2D eigenvalue weighted by Crippen LogP contribution is -2.35. The van der Waals surface area contributed by atoms with Crippen LogP contribution in [0.25, 0.3) is 0 Å². The van der Waals surface area contributed by atoms with E-state index in [2.05, 4.69) is 104 Å². The van der Waals surface area contributed by atoms with E-state index in [4.69, 9.17) is 4.52 Å². The van der Waals surface area contributed by atoms with Crippen LogP contribution in [0.5, 0.6) is 0 Å². The monoisotopic (exact) mass is 538 g/mol. The number of fused-ring (bicyclic) bond motifs is 2. The second-order valence-corrected chi connectivity index (χ2v) is 12.0. The van der Waals surface area contributed by atoms with Crippen molar-refractivity contribution in [3.63, 3.8) is 0 Å². The van der Waals surface area contributed by atoms with Crippen molar-refractivity contribution in [3.8, 4) is 0 Å². The molecule has 0 fully saturated rings. The van der Waals surface area contributed by atoms with Gasteiger partial charge in [-0.25, -0.2) is 0 Å². The molecule has 0 unspecified atom stereocenters. The first-order valence-electron chi connectivity index (χ1n) is 13.5. The van der Waals surface area contributed by atoms with E-state index in [9.17, 15) is 0 Å². The van der Waals surface area contributed by atoms with Crippen LogP contribution in [0.2, 0.25) is 0 Å². The molecule has 0 amide bonds. The smallest absolute Gasteiger partial charge is 0.262 e. The molecule has 5 heteroatoms. The molecule has 1 aliphatic rings. The predicted octanol–water partition coefficient (Wildman–Crippen LogP) is 7.11. The molecule has 0 saturated carbocycles. The zero-order valence-corrected chi connectivity index (χ0v) is 24.1. The Balaban J connectivity index is 2.03. The lowest BCUT2D eigenvalue weighted by atomic mass is 9.82. The van der Waals surface area contributed by atoms with E-state index in [1.165, 1.54) is 11.1 Å². The maximum Gasteiger partial charge on any atom is 0.262 e. The Labute approximate surface area is 234 Å². The molecular formula is C34H39N2O2P. The van der Waals surface area contributed by atoms with Gasteiger partial charge in [-0.2, -0.15) is 0 Å². The summed E-state index contributed by atoms with van der Waals surface area (Å²) in [7, 11) is -3.43. The van der Waals surface area contributed by atoms with Gasteiger partial charge in [0, 0.05) is 54.1 Å². The van der Waals surface area contributed by atoms with Crippen molar-refractivity contribution in [3.05, 3.63) is 134 Å². The van der Waals surface area contributed by atoms with Crippen LogP contribution >= 0.6 is 7.37 Å². The Bertz CT molecular complexity index is 1330. The van der Waals surface area contributed by atoms with E-state index in [0.717, 1.165) is 33.1 Å². The van der Waals surface area contributed by atoms with E-state index >= 15 is 4.57 Å². The maximum absolute atomic E-state index is 15.2. The van der Waals surface area contributed by atoms with Crippen molar-refractivity contribution in [2.75, 3.05) is 42.6 Å². The third-order valence-corrected chi connectivity index (χ3v) is 9.89. The molecule has 0 atom stereocenters. The Morgan fingerprint density at radius 2 is 1.21 bits per heavy atom. The zero-order valence-electron chi connectivity index (χ0n) is 23.2. The molecule has 0 bridgehead atoms. The molecule has 0 radical (unpaired) electrons. The van der Waals surface area contributed by atoms with E-state index in [0.29, 0.717) is 32.8 Å². The van der Waals surface area contributed by atoms with E-state index in [-0.39, 0.29) is 5.92 Å². The Morgan fingerprint density at radius 3 is 1.62 bits per heavy atom. The summed E-state index contributed by atoms with van der Waals surface area (Å²) in [4.78, 5) is 4.34. The molecule has 1 heterocycles. The van der Waals surface area contributed by atoms with Crippen molar-refractivity contribution < 1.29 is 9.09 Å². The fourth-order valence-electron chi connectivity index (χ4n) is 5.51. The van der Waals surface area contributed by atoms with Crippen LogP contribution < -0.4 is 20.4 Å². The molecule has 39 heavy (non-hydrogen) atoms. The molecule has 3 aromatic carbocycles. The van der Waals surface area contributed by atoms with Crippen molar-refractivity contribution in [2.45, 2.75) is 19.8 Å². The highest BCUT2D eigenvalue weighted by Crippen LogP contribution is 2.55. The first kappa shape index (κ1) is 28.4. The Kier molecular flexibility index (Phi) is 9.12. The molecule has 0 N–H and O–H groups in total. The molecule has 1 aliphatic heterocycles. The average Bonchev–Trinajstić information content (AvgIpc) is 2.94. The minimum absolute atomic E-state index is 0.0682. The molecule has 0 aliphatic carbocycles. The Hall–Kier alpha value is -3.59. The lowest BCUT2D eigenvalue weighted by Gasteiger charge is -2.36. The van der Waals surface area contributed by atoms with Gasteiger partial charge in [-0.3, -0.25) is 4.57 Å². The minimum atomic E-state index is -3.43. The van der Waals surface area contributed by atoms with Gasteiger partial charge in [0.15, 0.2) is 0 Å². The van der Waals surface area contributed by atoms with E-state index < -0.39 is 7.37 Å². The first-order valence-corrected chi connectivity index (χ1v) is 15.1. The van der Waals surface area contributed by atoms with E-state index in [1.54, 1.807) is 0 Å². The summed E-state index contributed by atoms with van der Waals surface area (Å²) in [5.74, 6) is -0.0682. The molecule has 4 rings (SSSR count). The van der Waals surface area contributed by atoms with Gasteiger partial charge in [0.25, 0.3) is 7.37 Å². The second-order valence-electron chi connectivity index (χ2n) is 9.71. The summed E-state index contributed by atoms with van der Waals surface area (Å²) in [6.07, 6.45) is 7.49. The molecular weight excluding hydrogens is 499 g/mol. The van der Waals surface area contributed by atoms with Crippen LogP contribution in [0.4, 0.5) is 11.4 Å². The minimum Gasteiger partial charge on any atom is -0.364 e. The van der Waals surface area contributed by atoms with Gasteiger partial charge in [0.1, 0.15) is 0 Å². The molecule has 202 valence electrons. The third kappa shape index (κ3) is 5.45. The number of hydrogen-bond acceptors (Lipinski definition) is 4. The summed E-state index contributed by atoms with van der Waals surface area (Å²) in [6, 6.07) is 21.1. The second kappa shape index (κ2) is 12.5. The average molecular weight is 539 g/mol. The third-order valence-electron chi connectivity index (χ3n) is 7.22. The number of rotatable bonds is 13. The van der Waals surface area contributed by atoms with Gasteiger partial charge in [-0.05, 0) is 60.4 Å².